The second-order valence-electron chi connectivity index (χ2n) is 8.15. The molecule has 1 fully saturated rings. The maximum atomic E-state index is 13.1. The van der Waals surface area contributed by atoms with Crippen molar-refractivity contribution in [2.45, 2.75) is 44.2 Å². The molecule has 1 heterocycles. The van der Waals surface area contributed by atoms with Crippen LogP contribution in [0.25, 0.3) is 10.8 Å². The summed E-state index contributed by atoms with van der Waals surface area (Å²) in [6.45, 7) is 1.80. The molecule has 0 amide bonds. The van der Waals surface area contributed by atoms with Crippen molar-refractivity contribution in [3.8, 4) is 0 Å². The van der Waals surface area contributed by atoms with Crippen molar-refractivity contribution in [3.05, 3.63) is 82.3 Å². The second kappa shape index (κ2) is 9.42. The summed E-state index contributed by atoms with van der Waals surface area (Å²) in [5.41, 5.74) is 0.674. The van der Waals surface area contributed by atoms with Crippen molar-refractivity contribution in [2.24, 2.45) is 0 Å². The van der Waals surface area contributed by atoms with Gasteiger partial charge in [-0.3, -0.25) is 9.69 Å². The topological polar surface area (TPSA) is 40.5 Å². The number of fused-ring (bicyclic) bond motifs is 1. The monoisotopic (exact) mass is 465 g/mol. The van der Waals surface area contributed by atoms with Crippen LogP contribution < -0.4 is 0 Å². The van der Waals surface area contributed by atoms with E-state index in [1.54, 1.807) is 0 Å². The maximum Gasteiger partial charge on any atom is 0.163 e. The molecule has 3 aromatic carbocycles. The Morgan fingerprint density at radius 1 is 0.900 bits per heavy atom. The largest absolute Gasteiger partial charge is 0.371 e. The fourth-order valence-electron chi connectivity index (χ4n) is 4.59. The molecule has 1 aliphatic rings. The van der Waals surface area contributed by atoms with Crippen LogP contribution in [0.15, 0.2) is 71.2 Å². The van der Waals surface area contributed by atoms with Gasteiger partial charge in [-0.05, 0) is 54.2 Å². The van der Waals surface area contributed by atoms with Crippen LogP contribution in [0.2, 0.25) is 0 Å². The fourth-order valence-corrected chi connectivity index (χ4v) is 5.07. The van der Waals surface area contributed by atoms with Crippen LogP contribution in [0.5, 0.6) is 0 Å². The van der Waals surface area contributed by atoms with E-state index in [-0.39, 0.29) is 5.78 Å². The van der Waals surface area contributed by atoms with Crippen molar-refractivity contribution in [2.75, 3.05) is 13.1 Å². The van der Waals surface area contributed by atoms with Gasteiger partial charge in [-0.15, -0.1) is 0 Å². The molecule has 0 aliphatic carbocycles. The number of ketones is 1. The lowest BCUT2D eigenvalue weighted by molar-refractivity contribution is -0.130. The van der Waals surface area contributed by atoms with E-state index in [0.717, 1.165) is 52.3 Å². The van der Waals surface area contributed by atoms with E-state index in [1.165, 1.54) is 6.42 Å². The molecule has 0 saturated carbocycles. The number of hydrogen-bond acceptors (Lipinski definition) is 3. The summed E-state index contributed by atoms with van der Waals surface area (Å²) in [4.78, 5) is 15.3. The summed E-state index contributed by atoms with van der Waals surface area (Å²) in [6.07, 6.45) is 5.06. The zero-order valence-electron chi connectivity index (χ0n) is 17.2. The van der Waals surface area contributed by atoms with Crippen LogP contribution in [0, 0.1) is 0 Å². The number of Topliss-reactive ketones (excluding diaryl/α,β-unsaturated/α-hetero) is 1. The number of piperidine rings is 1. The van der Waals surface area contributed by atoms with Crippen molar-refractivity contribution in [3.63, 3.8) is 0 Å². The van der Waals surface area contributed by atoms with E-state index in [9.17, 15) is 9.90 Å². The first-order chi connectivity index (χ1) is 14.6. The molecule has 1 saturated heterocycles. The first-order valence-electron chi connectivity index (χ1n) is 10.8. The molecule has 1 unspecified atom stereocenters. The molecule has 156 valence electrons. The third-order valence-corrected chi connectivity index (χ3v) is 6.91. The Hall–Kier alpha value is -2.01. The standard InChI is InChI=1S/C26H28BrNO2/c27-24-16-15-23(21-12-5-6-13-22(21)24)25(29)14-9-17-26(30,20-10-3-1-4-11-20)28-18-7-2-8-19-28/h1,3-6,10-13,15-16,30H,2,7-9,14,17-19H2. The predicted octanol–water partition coefficient (Wildman–Crippen LogP) is 6.29. The number of carbonyl (C=O) groups is 1. The number of halogens is 1. The number of likely N-dealkylation sites (tertiary alicyclic amines) is 1. The number of carbonyl (C=O) groups excluding carboxylic acids is 1. The van der Waals surface area contributed by atoms with Crippen molar-refractivity contribution in [1.29, 1.82) is 0 Å². The molecule has 0 bridgehead atoms. The molecule has 0 aromatic heterocycles. The highest BCUT2D eigenvalue weighted by Crippen LogP contribution is 2.34. The minimum atomic E-state index is -1.01. The molecule has 4 rings (SSSR count). The molecule has 4 heteroatoms. The molecule has 0 radical (unpaired) electrons. The molecule has 3 aromatic rings. The van der Waals surface area contributed by atoms with Crippen LogP contribution in [-0.4, -0.2) is 28.9 Å². The van der Waals surface area contributed by atoms with Crippen LogP contribution >= 0.6 is 15.9 Å². The second-order valence-corrected chi connectivity index (χ2v) is 9.00. The normalized spacial score (nSPS) is 17.0. The Morgan fingerprint density at radius 3 is 2.30 bits per heavy atom. The number of aliphatic hydroxyl groups is 1. The van der Waals surface area contributed by atoms with Crippen LogP contribution in [-0.2, 0) is 5.72 Å². The maximum absolute atomic E-state index is 13.1. The van der Waals surface area contributed by atoms with Gasteiger partial charge in [0, 0.05) is 29.5 Å². The summed E-state index contributed by atoms with van der Waals surface area (Å²) in [7, 11) is 0. The van der Waals surface area contributed by atoms with E-state index < -0.39 is 5.72 Å². The lowest BCUT2D eigenvalue weighted by Crippen LogP contribution is -2.48. The molecule has 1 aliphatic heterocycles. The quantitative estimate of drug-likeness (QED) is 0.417. The van der Waals surface area contributed by atoms with Gasteiger partial charge < -0.3 is 5.11 Å². The van der Waals surface area contributed by atoms with Crippen molar-refractivity contribution >= 4 is 32.5 Å². The number of benzene rings is 3. The van der Waals surface area contributed by atoms with Crippen LogP contribution in [0.3, 0.4) is 0 Å². The Labute approximate surface area is 186 Å². The first-order valence-corrected chi connectivity index (χ1v) is 11.6. The molecule has 30 heavy (non-hydrogen) atoms. The zero-order valence-corrected chi connectivity index (χ0v) is 18.8. The van der Waals surface area contributed by atoms with Gasteiger partial charge in [0.25, 0.3) is 0 Å². The summed E-state index contributed by atoms with van der Waals surface area (Å²) < 4.78 is 0.998. The molecule has 1 N–H and O–H groups in total. The van der Waals surface area contributed by atoms with Crippen molar-refractivity contribution in [1.82, 2.24) is 4.90 Å². The molecule has 3 nitrogen and oxygen atoms in total. The average Bonchev–Trinajstić information content (AvgIpc) is 2.80. The summed E-state index contributed by atoms with van der Waals surface area (Å²) >= 11 is 3.58. The number of hydrogen-bond donors (Lipinski definition) is 1. The zero-order chi connectivity index (χ0) is 21.0. The van der Waals surface area contributed by atoms with Crippen molar-refractivity contribution < 1.29 is 9.90 Å². The third kappa shape index (κ3) is 4.36. The molecule has 1 atom stereocenters. The smallest absolute Gasteiger partial charge is 0.163 e. The van der Waals surface area contributed by atoms with E-state index >= 15 is 0 Å². The molecule has 0 spiro atoms. The highest BCUT2D eigenvalue weighted by molar-refractivity contribution is 9.10. The Balaban J connectivity index is 1.51. The lowest BCUT2D eigenvalue weighted by atomic mass is 9.91. The van der Waals surface area contributed by atoms with Crippen LogP contribution in [0.4, 0.5) is 0 Å². The predicted molar refractivity (Wildman–Crippen MR) is 126 cm³/mol. The minimum Gasteiger partial charge on any atom is -0.371 e. The first kappa shape index (κ1) is 21.2. The highest BCUT2D eigenvalue weighted by atomic mass is 79.9. The van der Waals surface area contributed by atoms with Gasteiger partial charge in [0.15, 0.2) is 5.78 Å². The Kier molecular flexibility index (Phi) is 6.67. The average molecular weight is 466 g/mol. The molecular formula is C26H28BrNO2. The Bertz CT molecular complexity index is 1010. The minimum absolute atomic E-state index is 0.132. The highest BCUT2D eigenvalue weighted by Gasteiger charge is 2.36. The van der Waals surface area contributed by atoms with E-state index in [1.807, 2.05) is 66.7 Å². The van der Waals surface area contributed by atoms with E-state index in [2.05, 4.69) is 20.8 Å². The summed E-state index contributed by atoms with van der Waals surface area (Å²) in [6, 6.07) is 21.8. The third-order valence-electron chi connectivity index (χ3n) is 6.22. The SMILES string of the molecule is O=C(CCCC(O)(c1ccccc1)N1CCCCC1)c1ccc(Br)c2ccccc12. The number of rotatable bonds is 7. The molecular weight excluding hydrogens is 438 g/mol. The van der Waals surface area contributed by atoms with Crippen LogP contribution in [0.1, 0.15) is 54.4 Å². The van der Waals surface area contributed by atoms with Gasteiger partial charge in [0.1, 0.15) is 5.72 Å². The van der Waals surface area contributed by atoms with E-state index in [4.69, 9.17) is 0 Å². The van der Waals surface area contributed by atoms with Gasteiger partial charge in [0.2, 0.25) is 0 Å². The van der Waals surface area contributed by atoms with Gasteiger partial charge in [-0.25, -0.2) is 0 Å². The Morgan fingerprint density at radius 2 is 1.57 bits per heavy atom. The van der Waals surface area contributed by atoms with Gasteiger partial charge in [-0.1, -0.05) is 76.9 Å². The van der Waals surface area contributed by atoms with E-state index in [0.29, 0.717) is 19.3 Å². The van der Waals surface area contributed by atoms with Gasteiger partial charge >= 0.3 is 0 Å². The summed E-state index contributed by atoms with van der Waals surface area (Å²) in [5, 5.41) is 13.7. The lowest BCUT2D eigenvalue weighted by Gasteiger charge is -2.42. The summed E-state index contributed by atoms with van der Waals surface area (Å²) in [5.74, 6) is 0.132. The van der Waals surface area contributed by atoms with Gasteiger partial charge in [0.05, 0.1) is 0 Å². The fraction of sp³-hybridized carbons (Fsp3) is 0.346. The van der Waals surface area contributed by atoms with Gasteiger partial charge in [-0.2, -0.15) is 0 Å². The number of nitrogens with zero attached hydrogens (tertiary/aromatic N) is 1.